The minimum absolute atomic E-state index is 0.0323. The summed E-state index contributed by atoms with van der Waals surface area (Å²) < 4.78 is 2.78. The van der Waals surface area contributed by atoms with E-state index in [2.05, 4.69) is 21.2 Å². The van der Waals surface area contributed by atoms with Gasteiger partial charge < -0.3 is 14.8 Å². The molecule has 0 aliphatic carbocycles. The summed E-state index contributed by atoms with van der Waals surface area (Å²) in [5, 5.41) is 12.2. The Kier molecular flexibility index (Phi) is 5.97. The molecule has 1 amide bonds. The van der Waals surface area contributed by atoms with Gasteiger partial charge in [-0.1, -0.05) is 22.0 Å². The highest BCUT2D eigenvalue weighted by molar-refractivity contribution is 9.10. The van der Waals surface area contributed by atoms with Crippen LogP contribution in [0.15, 0.2) is 76.9 Å². The standard InChI is InChI=1S/C22H19BrN4O/c1-26(2)19-8-10-20(11-9-19)27-12-4-7-21(27)13-16(15-24)22(28)25-18-6-3-5-17(23)14-18/h3-14H,1-2H3,(H,25,28)/b16-13-. The van der Waals surface area contributed by atoms with Gasteiger partial charge in [-0.15, -0.1) is 0 Å². The first kappa shape index (κ1) is 19.5. The van der Waals surface area contributed by atoms with Crippen molar-refractivity contribution < 1.29 is 4.79 Å². The lowest BCUT2D eigenvalue weighted by Gasteiger charge is -2.14. The maximum Gasteiger partial charge on any atom is 0.266 e. The Morgan fingerprint density at radius 2 is 1.89 bits per heavy atom. The molecule has 2 aromatic carbocycles. The van der Waals surface area contributed by atoms with Gasteiger partial charge in [0.25, 0.3) is 5.91 Å². The average molecular weight is 435 g/mol. The van der Waals surface area contributed by atoms with Gasteiger partial charge in [-0.2, -0.15) is 5.26 Å². The van der Waals surface area contributed by atoms with E-state index in [1.807, 2.05) is 84.4 Å². The van der Waals surface area contributed by atoms with Crippen LogP contribution in [0.25, 0.3) is 11.8 Å². The van der Waals surface area contributed by atoms with Crippen molar-refractivity contribution in [2.45, 2.75) is 0 Å². The first-order chi connectivity index (χ1) is 13.5. The molecule has 0 radical (unpaired) electrons. The number of carbonyl (C=O) groups excluding carboxylic acids is 1. The van der Waals surface area contributed by atoms with E-state index in [1.54, 1.807) is 18.2 Å². The molecule has 0 bridgehead atoms. The molecule has 1 N–H and O–H groups in total. The Morgan fingerprint density at radius 3 is 2.54 bits per heavy atom. The van der Waals surface area contributed by atoms with Crippen LogP contribution in [-0.4, -0.2) is 24.6 Å². The van der Waals surface area contributed by atoms with E-state index in [0.29, 0.717) is 5.69 Å². The molecule has 0 unspecified atom stereocenters. The van der Waals surface area contributed by atoms with E-state index >= 15 is 0 Å². The summed E-state index contributed by atoms with van der Waals surface area (Å²) in [4.78, 5) is 14.5. The third kappa shape index (κ3) is 4.51. The Morgan fingerprint density at radius 1 is 1.14 bits per heavy atom. The zero-order chi connectivity index (χ0) is 20.1. The number of rotatable bonds is 5. The van der Waals surface area contributed by atoms with Gasteiger partial charge in [0, 0.05) is 47.5 Å². The highest BCUT2D eigenvalue weighted by Gasteiger charge is 2.11. The molecular formula is C22H19BrN4O. The molecule has 0 fully saturated rings. The fourth-order valence-corrected chi connectivity index (χ4v) is 3.12. The molecule has 28 heavy (non-hydrogen) atoms. The molecule has 0 saturated carbocycles. The smallest absolute Gasteiger partial charge is 0.266 e. The zero-order valence-electron chi connectivity index (χ0n) is 15.6. The Hall–Kier alpha value is -3.30. The van der Waals surface area contributed by atoms with Crippen molar-refractivity contribution >= 4 is 39.3 Å². The SMILES string of the molecule is CN(C)c1ccc(-n2cccc2/C=C(/C#N)C(=O)Nc2cccc(Br)c2)cc1. The van der Waals surface area contributed by atoms with Gasteiger partial charge >= 0.3 is 0 Å². The van der Waals surface area contributed by atoms with E-state index in [9.17, 15) is 10.1 Å². The van der Waals surface area contributed by atoms with E-state index in [-0.39, 0.29) is 5.57 Å². The lowest BCUT2D eigenvalue weighted by atomic mass is 10.2. The van der Waals surface area contributed by atoms with Crippen LogP contribution in [-0.2, 0) is 4.79 Å². The summed E-state index contributed by atoms with van der Waals surface area (Å²) in [6.07, 6.45) is 3.49. The highest BCUT2D eigenvalue weighted by atomic mass is 79.9. The number of carbonyl (C=O) groups is 1. The van der Waals surface area contributed by atoms with Crippen LogP contribution in [0.1, 0.15) is 5.69 Å². The first-order valence-electron chi connectivity index (χ1n) is 8.62. The van der Waals surface area contributed by atoms with Gasteiger partial charge in [0.1, 0.15) is 11.6 Å². The molecule has 0 spiro atoms. The molecule has 3 rings (SSSR count). The van der Waals surface area contributed by atoms with Crippen molar-refractivity contribution in [3.05, 3.63) is 82.6 Å². The number of hydrogen-bond donors (Lipinski definition) is 1. The molecular weight excluding hydrogens is 416 g/mol. The summed E-state index contributed by atoms with van der Waals surface area (Å²) >= 11 is 3.37. The van der Waals surface area contributed by atoms with E-state index in [1.165, 1.54) is 0 Å². The number of hydrogen-bond acceptors (Lipinski definition) is 3. The third-order valence-electron chi connectivity index (χ3n) is 4.16. The topological polar surface area (TPSA) is 61.1 Å². The molecule has 5 nitrogen and oxygen atoms in total. The van der Waals surface area contributed by atoms with Crippen molar-refractivity contribution in [3.8, 4) is 11.8 Å². The van der Waals surface area contributed by atoms with Gasteiger partial charge in [0.15, 0.2) is 0 Å². The van der Waals surface area contributed by atoms with Crippen LogP contribution in [0.3, 0.4) is 0 Å². The highest BCUT2D eigenvalue weighted by Crippen LogP contribution is 2.20. The van der Waals surface area contributed by atoms with Crippen molar-refractivity contribution in [2.24, 2.45) is 0 Å². The number of halogens is 1. The largest absolute Gasteiger partial charge is 0.378 e. The summed E-state index contributed by atoms with van der Waals surface area (Å²) in [5.74, 6) is -0.448. The van der Waals surface area contributed by atoms with Crippen LogP contribution in [0.2, 0.25) is 0 Å². The number of nitrogens with zero attached hydrogens (tertiary/aromatic N) is 3. The Labute approximate surface area is 172 Å². The molecule has 0 aliphatic heterocycles. The average Bonchev–Trinajstić information content (AvgIpc) is 3.14. The van der Waals surface area contributed by atoms with Gasteiger partial charge in [0.2, 0.25) is 0 Å². The monoisotopic (exact) mass is 434 g/mol. The summed E-state index contributed by atoms with van der Waals surface area (Å²) in [7, 11) is 3.98. The fraction of sp³-hybridized carbons (Fsp3) is 0.0909. The number of anilines is 2. The number of amides is 1. The summed E-state index contributed by atoms with van der Waals surface area (Å²) in [6.45, 7) is 0. The van der Waals surface area contributed by atoms with Crippen LogP contribution >= 0.6 is 15.9 Å². The van der Waals surface area contributed by atoms with Gasteiger partial charge in [-0.05, 0) is 60.7 Å². The summed E-state index contributed by atoms with van der Waals surface area (Å²) in [6, 6.07) is 21.0. The second kappa shape index (κ2) is 8.59. The molecule has 140 valence electrons. The number of benzene rings is 2. The van der Waals surface area contributed by atoms with Gasteiger partial charge in [-0.25, -0.2) is 0 Å². The molecule has 1 aromatic heterocycles. The third-order valence-corrected chi connectivity index (χ3v) is 4.66. The molecule has 0 saturated heterocycles. The Bertz CT molecular complexity index is 1060. The van der Waals surface area contributed by atoms with Crippen LogP contribution < -0.4 is 10.2 Å². The Balaban J connectivity index is 1.87. The second-order valence-corrected chi connectivity index (χ2v) is 7.26. The maximum absolute atomic E-state index is 12.5. The minimum atomic E-state index is -0.448. The molecule has 0 atom stereocenters. The van der Waals surface area contributed by atoms with Crippen molar-refractivity contribution in [1.82, 2.24) is 4.57 Å². The van der Waals surface area contributed by atoms with Crippen molar-refractivity contribution in [2.75, 3.05) is 24.3 Å². The number of nitrogens with one attached hydrogen (secondary N) is 1. The quantitative estimate of drug-likeness (QED) is 0.460. The van der Waals surface area contributed by atoms with E-state index < -0.39 is 5.91 Å². The zero-order valence-corrected chi connectivity index (χ0v) is 17.1. The van der Waals surface area contributed by atoms with Crippen molar-refractivity contribution in [1.29, 1.82) is 5.26 Å². The number of aromatic nitrogens is 1. The fourth-order valence-electron chi connectivity index (χ4n) is 2.72. The summed E-state index contributed by atoms with van der Waals surface area (Å²) in [5.41, 5.74) is 3.45. The van der Waals surface area contributed by atoms with E-state index in [4.69, 9.17) is 0 Å². The lowest BCUT2D eigenvalue weighted by Crippen LogP contribution is -2.13. The van der Waals surface area contributed by atoms with Crippen LogP contribution in [0.5, 0.6) is 0 Å². The predicted molar refractivity (Wildman–Crippen MR) is 116 cm³/mol. The van der Waals surface area contributed by atoms with Gasteiger partial charge in [0.05, 0.1) is 0 Å². The molecule has 3 aromatic rings. The van der Waals surface area contributed by atoms with E-state index in [0.717, 1.165) is 21.5 Å². The van der Waals surface area contributed by atoms with Crippen molar-refractivity contribution in [3.63, 3.8) is 0 Å². The second-order valence-electron chi connectivity index (χ2n) is 6.35. The molecule has 6 heteroatoms. The minimum Gasteiger partial charge on any atom is -0.378 e. The predicted octanol–water partition coefficient (Wildman–Crippen LogP) is 4.85. The maximum atomic E-state index is 12.5. The molecule has 1 heterocycles. The van der Waals surface area contributed by atoms with Crippen LogP contribution in [0, 0.1) is 11.3 Å². The normalized spacial score (nSPS) is 11.0. The lowest BCUT2D eigenvalue weighted by molar-refractivity contribution is -0.112. The number of nitriles is 1. The van der Waals surface area contributed by atoms with Gasteiger partial charge in [-0.3, -0.25) is 4.79 Å². The first-order valence-corrected chi connectivity index (χ1v) is 9.41. The van der Waals surface area contributed by atoms with Crippen LogP contribution in [0.4, 0.5) is 11.4 Å². The molecule has 0 aliphatic rings.